The first-order valence-electron chi connectivity index (χ1n) is 10.5. The van der Waals surface area contributed by atoms with E-state index in [4.69, 9.17) is 10.5 Å². The molecule has 3 N–H and O–H groups in total. The first-order valence-corrected chi connectivity index (χ1v) is 10.5. The molecule has 8 nitrogen and oxygen atoms in total. The summed E-state index contributed by atoms with van der Waals surface area (Å²) in [6.07, 6.45) is 0.304. The standard InChI is InChI=1S/C24H26F2N4O4/c1-24(2,3)34-22(32)28-20(15-8-5-4-6-9-15)14-30-21(31)19(27)13-29(23(30)33)12-16-17(25)10-7-11-18(16)26/h4-11,13,20H,12,14,27H2,1-3H3,(H,28,32). The number of hydrogen-bond acceptors (Lipinski definition) is 5. The number of nitrogens with zero attached hydrogens (tertiary/aromatic N) is 2. The van der Waals surface area contributed by atoms with Crippen LogP contribution in [0.4, 0.5) is 19.3 Å². The van der Waals surface area contributed by atoms with Gasteiger partial charge in [0.1, 0.15) is 22.9 Å². The van der Waals surface area contributed by atoms with Gasteiger partial charge < -0.3 is 15.8 Å². The van der Waals surface area contributed by atoms with Crippen molar-refractivity contribution in [2.45, 2.75) is 45.5 Å². The van der Waals surface area contributed by atoms with Crippen molar-refractivity contribution >= 4 is 11.8 Å². The van der Waals surface area contributed by atoms with Crippen LogP contribution in [0.1, 0.15) is 37.9 Å². The molecule has 0 radical (unpaired) electrons. The number of benzene rings is 2. The summed E-state index contributed by atoms with van der Waals surface area (Å²) in [5, 5.41) is 2.67. The molecular weight excluding hydrogens is 446 g/mol. The van der Waals surface area contributed by atoms with Gasteiger partial charge in [0.15, 0.2) is 0 Å². The van der Waals surface area contributed by atoms with Gasteiger partial charge in [0.25, 0.3) is 5.56 Å². The molecule has 1 aromatic heterocycles. The number of aromatic nitrogens is 2. The predicted octanol–water partition coefficient (Wildman–Crippen LogP) is 3.18. The summed E-state index contributed by atoms with van der Waals surface area (Å²) in [6.45, 7) is 4.34. The highest BCUT2D eigenvalue weighted by atomic mass is 19.1. The summed E-state index contributed by atoms with van der Waals surface area (Å²) in [6, 6.07) is 11.2. The van der Waals surface area contributed by atoms with Crippen molar-refractivity contribution in [2.75, 3.05) is 5.73 Å². The van der Waals surface area contributed by atoms with E-state index >= 15 is 0 Å². The van der Waals surface area contributed by atoms with E-state index in [9.17, 15) is 23.2 Å². The van der Waals surface area contributed by atoms with E-state index < -0.39 is 47.2 Å². The summed E-state index contributed by atoms with van der Waals surface area (Å²) < 4.78 is 35.4. The SMILES string of the molecule is CC(C)(C)OC(=O)NC(Cn1c(=O)c(N)cn(Cc2c(F)cccc2F)c1=O)c1ccccc1. The van der Waals surface area contributed by atoms with Crippen molar-refractivity contribution in [2.24, 2.45) is 0 Å². The fourth-order valence-electron chi connectivity index (χ4n) is 3.36. The molecule has 3 aromatic rings. The Morgan fingerprint density at radius 2 is 1.68 bits per heavy atom. The lowest BCUT2D eigenvalue weighted by atomic mass is 10.1. The van der Waals surface area contributed by atoms with E-state index in [-0.39, 0.29) is 17.8 Å². The molecule has 0 spiro atoms. The zero-order valence-corrected chi connectivity index (χ0v) is 19.0. The lowest BCUT2D eigenvalue weighted by Crippen LogP contribution is -2.45. The van der Waals surface area contributed by atoms with Crippen LogP contribution in [-0.2, 0) is 17.8 Å². The lowest BCUT2D eigenvalue weighted by molar-refractivity contribution is 0.0497. The molecule has 0 aliphatic rings. The lowest BCUT2D eigenvalue weighted by Gasteiger charge is -2.24. The van der Waals surface area contributed by atoms with Gasteiger partial charge in [-0.2, -0.15) is 0 Å². The largest absolute Gasteiger partial charge is 0.444 e. The molecule has 0 bridgehead atoms. The number of nitrogens with one attached hydrogen (secondary N) is 1. The Morgan fingerprint density at radius 1 is 1.06 bits per heavy atom. The van der Waals surface area contributed by atoms with Gasteiger partial charge in [-0.3, -0.25) is 13.9 Å². The van der Waals surface area contributed by atoms with E-state index in [1.807, 2.05) is 0 Å². The summed E-state index contributed by atoms with van der Waals surface area (Å²) in [5.41, 5.74) is 3.40. The molecule has 0 aliphatic heterocycles. The Hall–Kier alpha value is -3.95. The minimum atomic E-state index is -0.839. The third-order valence-electron chi connectivity index (χ3n) is 4.91. The molecule has 3 rings (SSSR count). The normalized spacial score (nSPS) is 12.3. The number of amides is 1. The number of alkyl carbamates (subject to hydrolysis) is 1. The summed E-state index contributed by atoms with van der Waals surface area (Å²) >= 11 is 0. The number of hydrogen-bond donors (Lipinski definition) is 2. The topological polar surface area (TPSA) is 108 Å². The fourth-order valence-corrected chi connectivity index (χ4v) is 3.36. The monoisotopic (exact) mass is 472 g/mol. The maximum atomic E-state index is 14.1. The first kappa shape index (κ1) is 24.7. The van der Waals surface area contributed by atoms with Crippen molar-refractivity contribution in [1.82, 2.24) is 14.5 Å². The minimum absolute atomic E-state index is 0.286. The zero-order valence-electron chi connectivity index (χ0n) is 19.0. The molecular formula is C24H26F2N4O4. The number of rotatable bonds is 6. The molecule has 34 heavy (non-hydrogen) atoms. The zero-order chi connectivity index (χ0) is 25.0. The Morgan fingerprint density at radius 3 is 2.26 bits per heavy atom. The van der Waals surface area contributed by atoms with Crippen molar-refractivity contribution in [3.63, 3.8) is 0 Å². The number of halogens is 2. The molecule has 0 saturated carbocycles. The van der Waals surface area contributed by atoms with Crippen LogP contribution in [0.5, 0.6) is 0 Å². The van der Waals surface area contributed by atoms with Crippen LogP contribution in [0.2, 0.25) is 0 Å². The second-order valence-electron chi connectivity index (χ2n) is 8.72. The highest BCUT2D eigenvalue weighted by Crippen LogP contribution is 2.17. The van der Waals surface area contributed by atoms with Crippen molar-refractivity contribution in [3.05, 3.63) is 98.3 Å². The van der Waals surface area contributed by atoms with E-state index in [2.05, 4.69) is 5.32 Å². The molecule has 0 aliphatic carbocycles. The molecule has 1 atom stereocenters. The van der Waals surface area contributed by atoms with Crippen LogP contribution in [0.3, 0.4) is 0 Å². The third-order valence-corrected chi connectivity index (χ3v) is 4.91. The van der Waals surface area contributed by atoms with Crippen molar-refractivity contribution in [1.29, 1.82) is 0 Å². The van der Waals surface area contributed by atoms with Crippen LogP contribution in [-0.4, -0.2) is 20.8 Å². The quantitative estimate of drug-likeness (QED) is 0.573. The van der Waals surface area contributed by atoms with E-state index in [0.29, 0.717) is 5.56 Å². The van der Waals surface area contributed by atoms with Crippen LogP contribution >= 0.6 is 0 Å². The van der Waals surface area contributed by atoms with Gasteiger partial charge in [0, 0.05) is 11.8 Å². The van der Waals surface area contributed by atoms with Gasteiger partial charge in [-0.15, -0.1) is 0 Å². The van der Waals surface area contributed by atoms with Crippen LogP contribution in [0.25, 0.3) is 0 Å². The highest BCUT2D eigenvalue weighted by Gasteiger charge is 2.23. The van der Waals surface area contributed by atoms with Crippen LogP contribution in [0, 0.1) is 11.6 Å². The molecule has 1 heterocycles. The van der Waals surface area contributed by atoms with Crippen LogP contribution < -0.4 is 22.3 Å². The maximum absolute atomic E-state index is 14.1. The molecule has 1 amide bonds. The molecule has 0 saturated heterocycles. The minimum Gasteiger partial charge on any atom is -0.444 e. The highest BCUT2D eigenvalue weighted by molar-refractivity contribution is 5.68. The van der Waals surface area contributed by atoms with Crippen molar-refractivity contribution in [3.8, 4) is 0 Å². The predicted molar refractivity (Wildman–Crippen MR) is 123 cm³/mol. The molecule has 1 unspecified atom stereocenters. The molecule has 0 fully saturated rings. The van der Waals surface area contributed by atoms with E-state index in [0.717, 1.165) is 27.5 Å². The molecule has 180 valence electrons. The number of anilines is 1. The number of carbonyl (C=O) groups excluding carboxylic acids is 1. The van der Waals surface area contributed by atoms with Crippen LogP contribution in [0.15, 0.2) is 64.3 Å². The Labute approximate surface area is 194 Å². The van der Waals surface area contributed by atoms with Gasteiger partial charge in [0.2, 0.25) is 0 Å². The average Bonchev–Trinajstić information content (AvgIpc) is 2.75. The first-order chi connectivity index (χ1) is 16.0. The number of nitrogens with two attached hydrogens (primary N) is 1. The van der Waals surface area contributed by atoms with Gasteiger partial charge in [-0.1, -0.05) is 36.4 Å². The summed E-state index contributed by atoms with van der Waals surface area (Å²) in [7, 11) is 0. The van der Waals surface area contributed by atoms with E-state index in [1.165, 1.54) is 6.07 Å². The maximum Gasteiger partial charge on any atom is 0.408 e. The summed E-state index contributed by atoms with van der Waals surface area (Å²) in [5.74, 6) is -1.67. The second-order valence-corrected chi connectivity index (χ2v) is 8.72. The Kier molecular flexibility index (Phi) is 7.19. The Balaban J connectivity index is 2.01. The number of carbonyl (C=O) groups is 1. The third kappa shape index (κ3) is 5.89. The summed E-state index contributed by atoms with van der Waals surface area (Å²) in [4.78, 5) is 38.3. The van der Waals surface area contributed by atoms with Gasteiger partial charge >= 0.3 is 11.8 Å². The Bertz CT molecular complexity index is 1280. The smallest absolute Gasteiger partial charge is 0.408 e. The number of nitrogen functional groups attached to an aromatic ring is 1. The van der Waals surface area contributed by atoms with E-state index in [1.54, 1.807) is 51.1 Å². The van der Waals surface area contributed by atoms with Gasteiger partial charge in [-0.25, -0.2) is 18.4 Å². The fraction of sp³-hybridized carbons (Fsp3) is 0.292. The van der Waals surface area contributed by atoms with Gasteiger partial charge in [0.05, 0.1) is 19.1 Å². The number of ether oxygens (including phenoxy) is 1. The van der Waals surface area contributed by atoms with Crippen molar-refractivity contribution < 1.29 is 18.3 Å². The molecule has 10 heteroatoms. The molecule has 2 aromatic carbocycles. The average molecular weight is 472 g/mol. The second kappa shape index (κ2) is 9.90. The van der Waals surface area contributed by atoms with Gasteiger partial charge in [-0.05, 0) is 38.5 Å².